The number of carboxylic acids is 1. The average Bonchev–Trinajstić information content (AvgIpc) is 2.71. The van der Waals surface area contributed by atoms with E-state index in [1.165, 1.54) is 6.07 Å². The average molecular weight is 203 g/mol. The van der Waals surface area contributed by atoms with Crippen LogP contribution < -0.4 is 0 Å². The zero-order valence-electron chi connectivity index (χ0n) is 8.06. The number of rotatable bonds is 2. The molecule has 5 nitrogen and oxygen atoms in total. The molecule has 0 saturated carbocycles. The Bertz CT molecular complexity index is 491. The second kappa shape index (κ2) is 3.53. The molecule has 0 radical (unpaired) electrons. The van der Waals surface area contributed by atoms with Gasteiger partial charge >= 0.3 is 5.97 Å². The third kappa shape index (κ3) is 1.71. The number of carboxylic acid groups (broad SMARTS) is 1. The zero-order chi connectivity index (χ0) is 10.8. The lowest BCUT2D eigenvalue weighted by Gasteiger charge is -2.01. The van der Waals surface area contributed by atoms with Gasteiger partial charge in [0.1, 0.15) is 5.69 Å². The topological polar surface area (TPSA) is 78.9 Å². The van der Waals surface area contributed by atoms with Crippen molar-refractivity contribution >= 4 is 5.97 Å². The van der Waals surface area contributed by atoms with E-state index in [4.69, 9.17) is 5.11 Å². The molecular weight excluding hydrogens is 194 g/mol. The van der Waals surface area contributed by atoms with Crippen molar-refractivity contribution in [2.24, 2.45) is 0 Å². The van der Waals surface area contributed by atoms with Crippen LogP contribution in [-0.4, -0.2) is 26.3 Å². The van der Waals surface area contributed by atoms with E-state index in [0.29, 0.717) is 11.4 Å². The Morgan fingerprint density at radius 3 is 2.87 bits per heavy atom. The first kappa shape index (κ1) is 9.39. The first-order chi connectivity index (χ1) is 7.18. The van der Waals surface area contributed by atoms with Gasteiger partial charge in [-0.15, -0.1) is 5.10 Å². The fraction of sp³-hybridized carbons (Fsp3) is 0.100. The maximum atomic E-state index is 10.9. The Labute approximate surface area is 85.8 Å². The van der Waals surface area contributed by atoms with Gasteiger partial charge in [-0.25, -0.2) is 4.79 Å². The third-order valence-corrected chi connectivity index (χ3v) is 2.08. The van der Waals surface area contributed by atoms with Crippen LogP contribution in [0.4, 0.5) is 0 Å². The molecule has 0 aliphatic carbocycles. The standard InChI is InChI=1S/C10H9N3O2/c1-6-7(10(14)15)5-9(13-12-6)8-3-2-4-11-8/h2-5,11H,1H3,(H,14,15). The lowest BCUT2D eigenvalue weighted by Crippen LogP contribution is -2.04. The highest BCUT2D eigenvalue weighted by Gasteiger charge is 2.11. The molecule has 5 heteroatoms. The van der Waals surface area contributed by atoms with Crippen LogP contribution in [0.2, 0.25) is 0 Å². The van der Waals surface area contributed by atoms with Crippen molar-refractivity contribution in [3.63, 3.8) is 0 Å². The number of nitrogens with zero attached hydrogens (tertiary/aromatic N) is 2. The fourth-order valence-electron chi connectivity index (χ4n) is 1.29. The summed E-state index contributed by atoms with van der Waals surface area (Å²) in [7, 11) is 0. The Kier molecular flexibility index (Phi) is 2.21. The summed E-state index contributed by atoms with van der Waals surface area (Å²) < 4.78 is 0. The van der Waals surface area contributed by atoms with E-state index in [1.54, 1.807) is 13.1 Å². The molecule has 0 aliphatic rings. The molecule has 2 aromatic heterocycles. The number of carbonyl (C=O) groups is 1. The quantitative estimate of drug-likeness (QED) is 0.774. The van der Waals surface area contributed by atoms with Gasteiger partial charge in [-0.3, -0.25) is 0 Å². The minimum absolute atomic E-state index is 0.176. The summed E-state index contributed by atoms with van der Waals surface area (Å²) in [5.74, 6) is -0.991. The number of aromatic carboxylic acids is 1. The van der Waals surface area contributed by atoms with Crippen LogP contribution in [0.1, 0.15) is 16.1 Å². The Morgan fingerprint density at radius 2 is 2.27 bits per heavy atom. The van der Waals surface area contributed by atoms with Gasteiger partial charge in [0.25, 0.3) is 0 Å². The van der Waals surface area contributed by atoms with E-state index >= 15 is 0 Å². The maximum Gasteiger partial charge on any atom is 0.337 e. The van der Waals surface area contributed by atoms with Gasteiger partial charge in [0.05, 0.1) is 17.0 Å². The Morgan fingerprint density at radius 1 is 1.47 bits per heavy atom. The fourth-order valence-corrected chi connectivity index (χ4v) is 1.29. The molecule has 0 atom stereocenters. The zero-order valence-corrected chi connectivity index (χ0v) is 8.06. The number of aromatic nitrogens is 3. The lowest BCUT2D eigenvalue weighted by molar-refractivity contribution is 0.0695. The van der Waals surface area contributed by atoms with Gasteiger partial charge in [-0.1, -0.05) is 0 Å². The van der Waals surface area contributed by atoms with Gasteiger partial charge in [0, 0.05) is 6.20 Å². The number of aromatic amines is 1. The highest BCUT2D eigenvalue weighted by atomic mass is 16.4. The smallest absolute Gasteiger partial charge is 0.337 e. The molecule has 0 aliphatic heterocycles. The molecule has 2 N–H and O–H groups in total. The van der Waals surface area contributed by atoms with Crippen LogP contribution in [0.5, 0.6) is 0 Å². The summed E-state index contributed by atoms with van der Waals surface area (Å²) in [6, 6.07) is 5.14. The van der Waals surface area contributed by atoms with E-state index in [-0.39, 0.29) is 5.56 Å². The molecule has 0 amide bonds. The van der Waals surface area contributed by atoms with Crippen LogP contribution >= 0.6 is 0 Å². The molecule has 2 rings (SSSR count). The highest BCUT2D eigenvalue weighted by Crippen LogP contribution is 2.16. The largest absolute Gasteiger partial charge is 0.478 e. The van der Waals surface area contributed by atoms with Gasteiger partial charge in [-0.2, -0.15) is 5.10 Å². The molecule has 0 bridgehead atoms. The molecule has 2 heterocycles. The molecule has 15 heavy (non-hydrogen) atoms. The number of nitrogens with one attached hydrogen (secondary N) is 1. The minimum atomic E-state index is -0.991. The highest BCUT2D eigenvalue weighted by molar-refractivity contribution is 5.89. The number of H-pyrrole nitrogens is 1. The van der Waals surface area contributed by atoms with Crippen molar-refractivity contribution in [3.8, 4) is 11.4 Å². The molecule has 0 saturated heterocycles. The summed E-state index contributed by atoms with van der Waals surface area (Å²) in [5.41, 5.74) is 1.88. The Balaban J connectivity index is 2.52. The first-order valence-electron chi connectivity index (χ1n) is 4.40. The SMILES string of the molecule is Cc1nnc(-c2ccc[nH]2)cc1C(=O)O. The monoisotopic (exact) mass is 203 g/mol. The van der Waals surface area contributed by atoms with Crippen LogP contribution in [-0.2, 0) is 0 Å². The minimum Gasteiger partial charge on any atom is -0.478 e. The summed E-state index contributed by atoms with van der Waals surface area (Å²) in [6.45, 7) is 1.62. The summed E-state index contributed by atoms with van der Waals surface area (Å²) >= 11 is 0. The molecule has 0 fully saturated rings. The van der Waals surface area contributed by atoms with Crippen molar-refractivity contribution < 1.29 is 9.90 Å². The van der Waals surface area contributed by atoms with Gasteiger partial charge in [0.2, 0.25) is 0 Å². The molecule has 0 spiro atoms. The summed E-state index contributed by atoms with van der Waals surface area (Å²) in [5, 5.41) is 16.6. The second-order valence-electron chi connectivity index (χ2n) is 3.12. The second-order valence-corrected chi connectivity index (χ2v) is 3.12. The first-order valence-corrected chi connectivity index (χ1v) is 4.40. The van der Waals surface area contributed by atoms with Crippen molar-refractivity contribution in [2.45, 2.75) is 6.92 Å². The maximum absolute atomic E-state index is 10.9. The van der Waals surface area contributed by atoms with E-state index in [2.05, 4.69) is 15.2 Å². The van der Waals surface area contributed by atoms with Crippen LogP contribution in [0.3, 0.4) is 0 Å². The lowest BCUT2D eigenvalue weighted by atomic mass is 10.2. The van der Waals surface area contributed by atoms with Gasteiger partial charge < -0.3 is 10.1 Å². The van der Waals surface area contributed by atoms with Crippen molar-refractivity contribution in [3.05, 3.63) is 35.7 Å². The molecule has 0 unspecified atom stereocenters. The van der Waals surface area contributed by atoms with Crippen LogP contribution in [0, 0.1) is 6.92 Å². The van der Waals surface area contributed by atoms with E-state index < -0.39 is 5.97 Å². The molecule has 76 valence electrons. The predicted molar refractivity (Wildman–Crippen MR) is 53.5 cm³/mol. The molecule has 2 aromatic rings. The van der Waals surface area contributed by atoms with E-state index in [9.17, 15) is 4.79 Å². The third-order valence-electron chi connectivity index (χ3n) is 2.08. The summed E-state index contributed by atoms with van der Waals surface area (Å²) in [6.07, 6.45) is 1.75. The summed E-state index contributed by atoms with van der Waals surface area (Å²) in [4.78, 5) is 13.8. The van der Waals surface area contributed by atoms with Crippen molar-refractivity contribution in [2.75, 3.05) is 0 Å². The van der Waals surface area contributed by atoms with Crippen LogP contribution in [0.25, 0.3) is 11.4 Å². The molecule has 0 aromatic carbocycles. The van der Waals surface area contributed by atoms with Gasteiger partial charge in [-0.05, 0) is 25.1 Å². The number of hydrogen-bond donors (Lipinski definition) is 2. The Hall–Kier alpha value is -2.17. The van der Waals surface area contributed by atoms with Crippen molar-refractivity contribution in [1.29, 1.82) is 0 Å². The van der Waals surface area contributed by atoms with Crippen molar-refractivity contribution in [1.82, 2.24) is 15.2 Å². The van der Waals surface area contributed by atoms with Crippen LogP contribution in [0.15, 0.2) is 24.4 Å². The molecular formula is C10H9N3O2. The number of aryl methyl sites for hydroxylation is 1. The van der Waals surface area contributed by atoms with E-state index in [1.807, 2.05) is 12.1 Å². The normalized spacial score (nSPS) is 10.2. The predicted octanol–water partition coefficient (Wildman–Crippen LogP) is 1.48. The van der Waals surface area contributed by atoms with Gasteiger partial charge in [0.15, 0.2) is 0 Å². The van der Waals surface area contributed by atoms with E-state index in [0.717, 1.165) is 5.69 Å². The number of hydrogen-bond acceptors (Lipinski definition) is 3.